The van der Waals surface area contributed by atoms with Crippen molar-refractivity contribution in [3.8, 4) is 0 Å². The zero-order valence-electron chi connectivity index (χ0n) is 4.83. The molecular formula is C6H10O2. The Morgan fingerprint density at radius 3 is 2.50 bits per heavy atom. The molecule has 46 valence electrons. The van der Waals surface area contributed by atoms with Crippen LogP contribution in [0.25, 0.3) is 0 Å². The normalized spacial score (nSPS) is 37.5. The average Bonchev–Trinajstić information content (AvgIpc) is 1.85. The zero-order valence-corrected chi connectivity index (χ0v) is 4.83. The van der Waals surface area contributed by atoms with Gasteiger partial charge in [-0.15, -0.1) is 0 Å². The molecule has 0 aromatic rings. The van der Waals surface area contributed by atoms with Crippen molar-refractivity contribution in [1.82, 2.24) is 0 Å². The van der Waals surface area contributed by atoms with Crippen molar-refractivity contribution in [2.75, 3.05) is 0 Å². The van der Waals surface area contributed by atoms with E-state index in [-0.39, 0.29) is 5.92 Å². The second-order valence-electron chi connectivity index (χ2n) is 2.33. The second kappa shape index (κ2) is 1.78. The summed E-state index contributed by atoms with van der Waals surface area (Å²) in [6, 6.07) is 0. The summed E-state index contributed by atoms with van der Waals surface area (Å²) in [5, 5.41) is 17.7. The number of rotatable bonds is 0. The van der Waals surface area contributed by atoms with Crippen molar-refractivity contribution in [3.05, 3.63) is 11.8 Å². The fourth-order valence-electron chi connectivity index (χ4n) is 0.880. The topological polar surface area (TPSA) is 40.5 Å². The highest BCUT2D eigenvalue weighted by atomic mass is 16.3. The number of aliphatic hydroxyl groups is 2. The average molecular weight is 114 g/mol. The van der Waals surface area contributed by atoms with Crippen LogP contribution in [0.1, 0.15) is 13.3 Å². The van der Waals surface area contributed by atoms with Gasteiger partial charge in [-0.3, -0.25) is 0 Å². The summed E-state index contributed by atoms with van der Waals surface area (Å²) in [7, 11) is 0. The largest absolute Gasteiger partial charge is 0.513 e. The molecule has 1 aliphatic rings. The van der Waals surface area contributed by atoms with Gasteiger partial charge in [-0.1, -0.05) is 6.92 Å². The van der Waals surface area contributed by atoms with E-state index in [1.807, 2.05) is 6.92 Å². The summed E-state index contributed by atoms with van der Waals surface area (Å²) < 4.78 is 0. The first-order chi connectivity index (χ1) is 3.70. The van der Waals surface area contributed by atoms with Crippen molar-refractivity contribution in [1.29, 1.82) is 0 Å². The van der Waals surface area contributed by atoms with Crippen LogP contribution in [0, 0.1) is 5.92 Å². The van der Waals surface area contributed by atoms with Crippen LogP contribution in [0.5, 0.6) is 0 Å². The lowest BCUT2D eigenvalue weighted by Gasteiger charge is -2.03. The van der Waals surface area contributed by atoms with Gasteiger partial charge >= 0.3 is 0 Å². The van der Waals surface area contributed by atoms with E-state index >= 15 is 0 Å². The van der Waals surface area contributed by atoms with Crippen LogP contribution in [0.15, 0.2) is 11.8 Å². The van der Waals surface area contributed by atoms with Crippen LogP contribution in [-0.2, 0) is 0 Å². The zero-order chi connectivity index (χ0) is 6.15. The molecule has 0 saturated carbocycles. The van der Waals surface area contributed by atoms with Crippen molar-refractivity contribution in [2.24, 2.45) is 5.92 Å². The minimum absolute atomic E-state index is 0.204. The molecule has 0 heterocycles. The molecular weight excluding hydrogens is 104 g/mol. The van der Waals surface area contributed by atoms with Gasteiger partial charge < -0.3 is 10.2 Å². The fraction of sp³-hybridized carbons (Fsp3) is 0.667. The molecule has 0 fully saturated rings. The van der Waals surface area contributed by atoms with Crippen molar-refractivity contribution in [3.63, 3.8) is 0 Å². The van der Waals surface area contributed by atoms with E-state index in [2.05, 4.69) is 0 Å². The molecule has 0 bridgehead atoms. The summed E-state index contributed by atoms with van der Waals surface area (Å²) in [4.78, 5) is 0. The molecule has 2 N–H and O–H groups in total. The minimum Gasteiger partial charge on any atom is -0.513 e. The van der Waals surface area contributed by atoms with Crippen LogP contribution < -0.4 is 0 Å². The Kier molecular flexibility index (Phi) is 1.26. The molecule has 2 heteroatoms. The molecule has 2 atom stereocenters. The van der Waals surface area contributed by atoms with Gasteiger partial charge in [-0.25, -0.2) is 0 Å². The standard InChI is InChI=1S/C6H10O2/c1-4-2-5(7)3-6(4)8/h3-4,6-8H,2H2,1H3. The third-order valence-electron chi connectivity index (χ3n) is 1.48. The second-order valence-corrected chi connectivity index (χ2v) is 2.33. The number of hydrogen-bond donors (Lipinski definition) is 2. The van der Waals surface area contributed by atoms with E-state index in [0.717, 1.165) is 0 Å². The molecule has 0 radical (unpaired) electrons. The molecule has 0 aliphatic heterocycles. The van der Waals surface area contributed by atoms with Gasteiger partial charge in [0.2, 0.25) is 0 Å². The van der Waals surface area contributed by atoms with Gasteiger partial charge in [0.1, 0.15) is 0 Å². The molecule has 8 heavy (non-hydrogen) atoms. The van der Waals surface area contributed by atoms with E-state index in [0.29, 0.717) is 12.2 Å². The highest BCUT2D eigenvalue weighted by Crippen LogP contribution is 2.21. The van der Waals surface area contributed by atoms with Gasteiger partial charge in [0, 0.05) is 6.42 Å². The van der Waals surface area contributed by atoms with Crippen molar-refractivity contribution < 1.29 is 10.2 Å². The Hall–Kier alpha value is -0.500. The van der Waals surface area contributed by atoms with E-state index in [9.17, 15) is 0 Å². The summed E-state index contributed by atoms with van der Waals surface area (Å²) >= 11 is 0. The number of allylic oxidation sites excluding steroid dienone is 1. The third kappa shape index (κ3) is 0.842. The maximum atomic E-state index is 8.93. The fourth-order valence-corrected chi connectivity index (χ4v) is 0.880. The van der Waals surface area contributed by atoms with Crippen LogP contribution >= 0.6 is 0 Å². The summed E-state index contributed by atoms with van der Waals surface area (Å²) in [6.07, 6.45) is 1.70. The summed E-state index contributed by atoms with van der Waals surface area (Å²) in [5.74, 6) is 0.528. The smallest absolute Gasteiger partial charge is 0.0912 e. The Labute approximate surface area is 48.5 Å². The van der Waals surface area contributed by atoms with Gasteiger partial charge in [0.15, 0.2) is 0 Å². The summed E-state index contributed by atoms with van der Waals surface area (Å²) in [6.45, 7) is 1.91. The predicted octanol–water partition coefficient (Wildman–Crippen LogP) is 0.829. The quantitative estimate of drug-likeness (QED) is 0.489. The third-order valence-corrected chi connectivity index (χ3v) is 1.48. The highest BCUT2D eigenvalue weighted by molar-refractivity contribution is 5.06. The maximum absolute atomic E-state index is 8.93. The molecule has 0 amide bonds. The molecule has 2 nitrogen and oxygen atoms in total. The molecule has 0 saturated heterocycles. The molecule has 2 unspecified atom stereocenters. The molecule has 1 rings (SSSR count). The SMILES string of the molecule is CC1CC(O)=CC1O. The number of aliphatic hydroxyl groups excluding tert-OH is 2. The molecule has 0 aromatic carbocycles. The Morgan fingerprint density at radius 2 is 2.38 bits per heavy atom. The Morgan fingerprint density at radius 1 is 1.75 bits per heavy atom. The van der Waals surface area contributed by atoms with E-state index in [1.54, 1.807) is 0 Å². The summed E-state index contributed by atoms with van der Waals surface area (Å²) in [5.41, 5.74) is 0. The van der Waals surface area contributed by atoms with Crippen LogP contribution in [0.3, 0.4) is 0 Å². The van der Waals surface area contributed by atoms with Gasteiger partial charge in [-0.2, -0.15) is 0 Å². The predicted molar refractivity (Wildman–Crippen MR) is 30.5 cm³/mol. The molecule has 1 aliphatic carbocycles. The first kappa shape index (κ1) is 5.63. The lowest BCUT2D eigenvalue weighted by molar-refractivity contribution is 0.174. The van der Waals surface area contributed by atoms with Gasteiger partial charge in [0.25, 0.3) is 0 Å². The first-order valence-corrected chi connectivity index (χ1v) is 2.78. The Bertz CT molecular complexity index is 118. The van der Waals surface area contributed by atoms with E-state index in [4.69, 9.17) is 10.2 Å². The molecule has 0 spiro atoms. The van der Waals surface area contributed by atoms with E-state index in [1.165, 1.54) is 6.08 Å². The molecule has 0 aromatic heterocycles. The lowest BCUT2D eigenvalue weighted by atomic mass is 10.1. The minimum atomic E-state index is -0.421. The van der Waals surface area contributed by atoms with Crippen LogP contribution in [0.2, 0.25) is 0 Å². The monoisotopic (exact) mass is 114 g/mol. The Balaban J connectivity index is 2.56. The van der Waals surface area contributed by atoms with Crippen molar-refractivity contribution >= 4 is 0 Å². The van der Waals surface area contributed by atoms with Gasteiger partial charge in [0.05, 0.1) is 11.9 Å². The van der Waals surface area contributed by atoms with E-state index < -0.39 is 6.10 Å². The van der Waals surface area contributed by atoms with Crippen LogP contribution in [-0.4, -0.2) is 16.3 Å². The first-order valence-electron chi connectivity index (χ1n) is 2.78. The van der Waals surface area contributed by atoms with Gasteiger partial charge in [-0.05, 0) is 12.0 Å². The maximum Gasteiger partial charge on any atom is 0.0912 e. The highest BCUT2D eigenvalue weighted by Gasteiger charge is 2.20. The van der Waals surface area contributed by atoms with Crippen LogP contribution in [0.4, 0.5) is 0 Å². The van der Waals surface area contributed by atoms with Crippen molar-refractivity contribution in [2.45, 2.75) is 19.4 Å². The number of hydrogen-bond acceptors (Lipinski definition) is 2. The lowest BCUT2D eigenvalue weighted by Crippen LogP contribution is -2.07.